The molecule has 100 valence electrons. The maximum atomic E-state index is 12.1. The molecule has 0 N–H and O–H groups in total. The van der Waals surface area contributed by atoms with Crippen LogP contribution in [0.5, 0.6) is 0 Å². The minimum absolute atomic E-state index is 0.228. The van der Waals surface area contributed by atoms with Crippen LogP contribution in [0.2, 0.25) is 9.36 Å². The molecule has 0 amide bonds. The summed E-state index contributed by atoms with van der Waals surface area (Å²) >= 11 is 25.2. The molecule has 1 heterocycles. The Kier molecular flexibility index (Phi) is 5.15. The Balaban J connectivity index is 2.16. The van der Waals surface area contributed by atoms with Crippen molar-refractivity contribution in [3.8, 4) is 0 Å². The molecule has 0 aliphatic carbocycles. The molecule has 2 atom stereocenters. The minimum Gasteiger partial charge on any atom is -0.292 e. The Bertz CT molecular complexity index is 579. The summed E-state index contributed by atoms with van der Waals surface area (Å²) in [7, 11) is 0. The molecule has 2 rings (SSSR count). The summed E-state index contributed by atoms with van der Waals surface area (Å²) in [6.07, 6.45) is 0. The van der Waals surface area contributed by atoms with E-state index in [0.717, 1.165) is 5.56 Å². The van der Waals surface area contributed by atoms with E-state index in [1.165, 1.54) is 11.3 Å². The Labute approximate surface area is 135 Å². The first-order valence-corrected chi connectivity index (χ1v) is 7.76. The lowest BCUT2D eigenvalue weighted by Gasteiger charge is -2.14. The Morgan fingerprint density at radius 3 is 2.16 bits per heavy atom. The van der Waals surface area contributed by atoms with Crippen LogP contribution in [0.25, 0.3) is 0 Å². The van der Waals surface area contributed by atoms with Gasteiger partial charge in [0.1, 0.15) is 5.38 Å². The van der Waals surface area contributed by atoms with Gasteiger partial charge in [0.05, 0.1) is 14.6 Å². The number of ketones is 1. The molecule has 0 radical (unpaired) electrons. The zero-order valence-electron chi connectivity index (χ0n) is 9.45. The topological polar surface area (TPSA) is 17.1 Å². The zero-order valence-corrected chi connectivity index (χ0v) is 13.3. The second kappa shape index (κ2) is 6.47. The number of alkyl halides is 2. The van der Waals surface area contributed by atoms with E-state index >= 15 is 0 Å². The number of hydrogen-bond acceptors (Lipinski definition) is 2. The molecule has 0 fully saturated rings. The zero-order chi connectivity index (χ0) is 14.0. The monoisotopic (exact) mass is 352 g/mol. The third kappa shape index (κ3) is 3.65. The Morgan fingerprint density at radius 2 is 1.63 bits per heavy atom. The molecule has 1 aromatic carbocycles. The molecule has 0 spiro atoms. The first-order valence-electron chi connectivity index (χ1n) is 5.32. The van der Waals surface area contributed by atoms with Crippen LogP contribution in [0.3, 0.4) is 0 Å². The highest BCUT2D eigenvalue weighted by atomic mass is 35.5. The third-order valence-electron chi connectivity index (χ3n) is 2.51. The summed E-state index contributed by atoms with van der Waals surface area (Å²) < 4.78 is 0.546. The highest BCUT2D eigenvalue weighted by molar-refractivity contribution is 7.18. The van der Waals surface area contributed by atoms with Gasteiger partial charge in [0.15, 0.2) is 5.78 Å². The predicted molar refractivity (Wildman–Crippen MR) is 83.3 cm³/mol. The fourth-order valence-corrected chi connectivity index (χ4v) is 3.27. The predicted octanol–water partition coefficient (Wildman–Crippen LogP) is 5.83. The molecular weight excluding hydrogens is 346 g/mol. The van der Waals surface area contributed by atoms with E-state index in [4.69, 9.17) is 46.4 Å². The Hall–Kier alpha value is -0.250. The highest BCUT2D eigenvalue weighted by Gasteiger charge is 2.27. The van der Waals surface area contributed by atoms with Crippen LogP contribution < -0.4 is 0 Å². The lowest BCUT2D eigenvalue weighted by Crippen LogP contribution is -2.19. The fraction of sp³-hybridized carbons (Fsp3) is 0.154. The van der Waals surface area contributed by atoms with Crippen LogP contribution >= 0.6 is 57.7 Å². The normalized spacial score (nSPS) is 14.1. The first-order chi connectivity index (χ1) is 8.99. The van der Waals surface area contributed by atoms with Crippen molar-refractivity contribution in [2.24, 2.45) is 0 Å². The minimum atomic E-state index is -0.849. The van der Waals surface area contributed by atoms with Crippen molar-refractivity contribution in [2.45, 2.75) is 10.8 Å². The molecular formula is C13H8Cl4OS. The van der Waals surface area contributed by atoms with Crippen molar-refractivity contribution >= 4 is 63.5 Å². The third-order valence-corrected chi connectivity index (χ3v) is 5.09. The van der Waals surface area contributed by atoms with Gasteiger partial charge >= 0.3 is 0 Å². The molecule has 0 aliphatic rings. The summed E-state index contributed by atoms with van der Waals surface area (Å²) in [5, 5.41) is -0.861. The maximum Gasteiger partial charge on any atom is 0.192 e. The number of Topliss-reactive ketones (excluding diaryl/α,β-unsaturated/α-hetero) is 1. The van der Waals surface area contributed by atoms with Crippen molar-refractivity contribution in [2.75, 3.05) is 0 Å². The van der Waals surface area contributed by atoms with Crippen LogP contribution in [-0.4, -0.2) is 11.2 Å². The molecule has 0 saturated carbocycles. The van der Waals surface area contributed by atoms with Crippen molar-refractivity contribution in [1.29, 1.82) is 0 Å². The molecule has 6 heteroatoms. The fourth-order valence-electron chi connectivity index (χ4n) is 1.53. The number of halogens is 4. The van der Waals surface area contributed by atoms with Crippen LogP contribution in [0.1, 0.15) is 20.6 Å². The van der Waals surface area contributed by atoms with E-state index in [2.05, 4.69) is 0 Å². The van der Waals surface area contributed by atoms with E-state index in [-0.39, 0.29) is 5.78 Å². The van der Waals surface area contributed by atoms with Crippen LogP contribution in [-0.2, 0) is 0 Å². The Morgan fingerprint density at radius 1 is 1.00 bits per heavy atom. The second-order valence-corrected chi connectivity index (χ2v) is 6.91. The molecule has 0 aliphatic heterocycles. The van der Waals surface area contributed by atoms with Gasteiger partial charge in [0.25, 0.3) is 0 Å². The molecule has 0 unspecified atom stereocenters. The number of carbonyl (C=O) groups is 1. The summed E-state index contributed by atoms with van der Waals surface area (Å²) in [5.41, 5.74) is 0.752. The van der Waals surface area contributed by atoms with Gasteiger partial charge in [-0.05, 0) is 29.8 Å². The standard InChI is InChI=1S/C13H8Cl4OS/c14-8-3-1-7(2-4-8)11(16)12(17)13(18)9-5-6-10(15)19-9/h1-6,11-12H/t11-,12-/m1/s1. The van der Waals surface area contributed by atoms with E-state index in [1.54, 1.807) is 36.4 Å². The van der Waals surface area contributed by atoms with Crippen LogP contribution in [0, 0.1) is 0 Å². The van der Waals surface area contributed by atoms with Crippen molar-refractivity contribution < 1.29 is 4.79 Å². The van der Waals surface area contributed by atoms with Crippen molar-refractivity contribution in [1.82, 2.24) is 0 Å². The van der Waals surface area contributed by atoms with Crippen LogP contribution in [0.4, 0.5) is 0 Å². The summed E-state index contributed by atoms with van der Waals surface area (Å²) in [6, 6.07) is 10.2. The number of benzene rings is 1. The van der Waals surface area contributed by atoms with E-state index < -0.39 is 10.8 Å². The first kappa shape index (κ1) is 15.1. The van der Waals surface area contributed by atoms with Crippen molar-refractivity contribution in [3.63, 3.8) is 0 Å². The SMILES string of the molecule is O=C(c1ccc(Cl)s1)[C@H](Cl)[C@H](Cl)c1ccc(Cl)cc1. The molecule has 19 heavy (non-hydrogen) atoms. The quantitative estimate of drug-likeness (QED) is 0.499. The van der Waals surface area contributed by atoms with Gasteiger partial charge < -0.3 is 0 Å². The molecule has 0 saturated heterocycles. The van der Waals surface area contributed by atoms with Gasteiger partial charge in [0, 0.05) is 5.02 Å². The summed E-state index contributed by atoms with van der Waals surface area (Å²) in [4.78, 5) is 12.7. The molecule has 0 bridgehead atoms. The van der Waals surface area contributed by atoms with Gasteiger partial charge in [0.2, 0.25) is 0 Å². The molecule has 1 aromatic heterocycles. The van der Waals surface area contributed by atoms with Gasteiger partial charge in [-0.3, -0.25) is 4.79 Å². The van der Waals surface area contributed by atoms with Gasteiger partial charge in [-0.15, -0.1) is 34.5 Å². The van der Waals surface area contributed by atoms with E-state index in [0.29, 0.717) is 14.2 Å². The number of carbonyl (C=O) groups excluding carboxylic acids is 1. The summed E-state index contributed by atoms with van der Waals surface area (Å²) in [6.45, 7) is 0. The average Bonchev–Trinajstić information content (AvgIpc) is 2.84. The van der Waals surface area contributed by atoms with E-state index in [9.17, 15) is 4.79 Å². The second-order valence-electron chi connectivity index (χ2n) is 3.82. The molecule has 2 aromatic rings. The maximum absolute atomic E-state index is 12.1. The highest BCUT2D eigenvalue weighted by Crippen LogP contribution is 2.33. The van der Waals surface area contributed by atoms with Crippen molar-refractivity contribution in [3.05, 3.63) is 56.2 Å². The van der Waals surface area contributed by atoms with Crippen LogP contribution in [0.15, 0.2) is 36.4 Å². The van der Waals surface area contributed by atoms with Gasteiger partial charge in [-0.25, -0.2) is 0 Å². The molecule has 1 nitrogen and oxygen atoms in total. The van der Waals surface area contributed by atoms with E-state index in [1.807, 2.05) is 0 Å². The average molecular weight is 354 g/mol. The largest absolute Gasteiger partial charge is 0.292 e. The number of rotatable bonds is 4. The lowest BCUT2D eigenvalue weighted by atomic mass is 10.1. The number of hydrogen-bond donors (Lipinski definition) is 0. The summed E-state index contributed by atoms with van der Waals surface area (Å²) in [5.74, 6) is -0.228. The smallest absolute Gasteiger partial charge is 0.192 e. The number of thiophene rings is 1. The van der Waals surface area contributed by atoms with Gasteiger partial charge in [-0.2, -0.15) is 0 Å². The van der Waals surface area contributed by atoms with Gasteiger partial charge in [-0.1, -0.05) is 35.3 Å². The lowest BCUT2D eigenvalue weighted by molar-refractivity contribution is 0.0989.